The van der Waals surface area contributed by atoms with Gasteiger partial charge in [0.05, 0.1) is 5.39 Å². The quantitative estimate of drug-likeness (QED) is 0.865. The average Bonchev–Trinajstić information content (AvgIpc) is 2.40. The van der Waals surface area contributed by atoms with Gasteiger partial charge in [-0.2, -0.15) is 0 Å². The molecule has 1 N–H and O–H groups in total. The Morgan fingerprint density at radius 1 is 1.33 bits per heavy atom. The first-order valence-electron chi connectivity index (χ1n) is 5.55. The van der Waals surface area contributed by atoms with Crippen molar-refractivity contribution in [2.45, 2.75) is 0 Å². The molecule has 0 aliphatic rings. The Balaban J connectivity index is 2.43. The zero-order chi connectivity index (χ0) is 13.1. The molecular weight excluding hydrogens is 232 g/mol. The van der Waals surface area contributed by atoms with Gasteiger partial charge in [0.2, 0.25) is 0 Å². The Labute approximate surface area is 104 Å². The number of nitrogens with zero attached hydrogens (tertiary/aromatic N) is 1. The maximum absolute atomic E-state index is 11.9. The lowest BCUT2D eigenvalue weighted by Gasteiger charge is -2.09. The van der Waals surface area contributed by atoms with Crippen LogP contribution in [0.5, 0.6) is 5.75 Å². The zero-order valence-corrected chi connectivity index (χ0v) is 10.3. The van der Waals surface area contributed by atoms with E-state index in [9.17, 15) is 9.59 Å². The van der Waals surface area contributed by atoms with Crippen LogP contribution in [0.3, 0.4) is 0 Å². The third kappa shape index (κ3) is 2.20. The third-order valence-corrected chi connectivity index (χ3v) is 2.72. The van der Waals surface area contributed by atoms with Gasteiger partial charge in [-0.05, 0) is 18.2 Å². The standard InChI is InChI=1S/C13H14N2O3/c1-14-12(16)8-18-11-5-3-4-10-9(11)6-7-15(2)13(10)17/h3-7H,8H2,1-2H3,(H,14,16). The summed E-state index contributed by atoms with van der Waals surface area (Å²) in [5, 5.41) is 3.76. The first-order valence-corrected chi connectivity index (χ1v) is 5.55. The van der Waals surface area contributed by atoms with E-state index in [0.717, 1.165) is 0 Å². The van der Waals surface area contributed by atoms with Crippen molar-refractivity contribution in [3.8, 4) is 5.75 Å². The lowest BCUT2D eigenvalue weighted by atomic mass is 10.1. The number of aromatic nitrogens is 1. The highest BCUT2D eigenvalue weighted by atomic mass is 16.5. The van der Waals surface area contributed by atoms with Crippen LogP contribution in [0.1, 0.15) is 0 Å². The normalized spacial score (nSPS) is 10.3. The number of ether oxygens (including phenoxy) is 1. The van der Waals surface area contributed by atoms with Crippen molar-refractivity contribution in [2.24, 2.45) is 7.05 Å². The van der Waals surface area contributed by atoms with Gasteiger partial charge in [0.15, 0.2) is 6.61 Å². The van der Waals surface area contributed by atoms with E-state index in [1.807, 2.05) is 0 Å². The number of carbonyl (C=O) groups excluding carboxylic acids is 1. The molecule has 18 heavy (non-hydrogen) atoms. The van der Waals surface area contributed by atoms with Crippen LogP contribution in [-0.2, 0) is 11.8 Å². The third-order valence-electron chi connectivity index (χ3n) is 2.72. The molecule has 0 aliphatic carbocycles. The number of amides is 1. The maximum Gasteiger partial charge on any atom is 0.258 e. The van der Waals surface area contributed by atoms with Gasteiger partial charge in [0.1, 0.15) is 5.75 Å². The summed E-state index contributed by atoms with van der Waals surface area (Å²) in [6.45, 7) is -0.0647. The molecule has 0 saturated heterocycles. The molecule has 2 rings (SSSR count). The summed E-state index contributed by atoms with van der Waals surface area (Å²) in [5.41, 5.74) is -0.0853. The molecular formula is C13H14N2O3. The summed E-state index contributed by atoms with van der Waals surface area (Å²) in [6.07, 6.45) is 1.68. The van der Waals surface area contributed by atoms with Crippen LogP contribution < -0.4 is 15.6 Å². The van der Waals surface area contributed by atoms with E-state index in [0.29, 0.717) is 16.5 Å². The zero-order valence-electron chi connectivity index (χ0n) is 10.3. The van der Waals surface area contributed by atoms with Gasteiger partial charge in [-0.25, -0.2) is 0 Å². The number of hydrogen-bond acceptors (Lipinski definition) is 3. The molecule has 2 aromatic rings. The molecule has 1 aromatic heterocycles. The Morgan fingerprint density at radius 2 is 2.11 bits per heavy atom. The number of hydrogen-bond donors (Lipinski definition) is 1. The van der Waals surface area contributed by atoms with Crippen LogP contribution in [0.2, 0.25) is 0 Å². The van der Waals surface area contributed by atoms with E-state index >= 15 is 0 Å². The number of pyridine rings is 1. The second-order valence-electron chi connectivity index (χ2n) is 3.91. The van der Waals surface area contributed by atoms with Crippen LogP contribution in [0.25, 0.3) is 10.8 Å². The molecule has 1 amide bonds. The Bertz CT molecular complexity index is 646. The maximum atomic E-state index is 11.9. The molecule has 5 nitrogen and oxygen atoms in total. The first kappa shape index (κ1) is 12.2. The van der Waals surface area contributed by atoms with Crippen molar-refractivity contribution in [3.05, 3.63) is 40.8 Å². The van der Waals surface area contributed by atoms with Crippen molar-refractivity contribution in [1.29, 1.82) is 0 Å². The van der Waals surface area contributed by atoms with Crippen molar-refractivity contribution in [2.75, 3.05) is 13.7 Å². The Kier molecular flexibility index (Phi) is 3.32. The average molecular weight is 246 g/mol. The van der Waals surface area contributed by atoms with E-state index in [1.165, 1.54) is 4.57 Å². The molecule has 0 saturated carbocycles. The SMILES string of the molecule is CNC(=O)COc1cccc2c(=O)n(C)ccc12. The Hall–Kier alpha value is -2.30. The van der Waals surface area contributed by atoms with E-state index in [4.69, 9.17) is 4.74 Å². The molecule has 94 valence electrons. The molecule has 1 aromatic carbocycles. The topological polar surface area (TPSA) is 60.3 Å². The van der Waals surface area contributed by atoms with E-state index < -0.39 is 0 Å². The van der Waals surface area contributed by atoms with E-state index in [2.05, 4.69) is 5.32 Å². The fraction of sp³-hybridized carbons (Fsp3) is 0.231. The second-order valence-corrected chi connectivity index (χ2v) is 3.91. The highest BCUT2D eigenvalue weighted by Gasteiger charge is 2.07. The molecule has 1 heterocycles. The summed E-state index contributed by atoms with van der Waals surface area (Å²) < 4.78 is 6.91. The van der Waals surface area contributed by atoms with Gasteiger partial charge in [-0.15, -0.1) is 0 Å². The summed E-state index contributed by atoms with van der Waals surface area (Å²) in [5.74, 6) is 0.324. The van der Waals surface area contributed by atoms with Crippen LogP contribution in [0.4, 0.5) is 0 Å². The Morgan fingerprint density at radius 3 is 2.83 bits per heavy atom. The minimum absolute atomic E-state index is 0.0647. The molecule has 0 spiro atoms. The first-order chi connectivity index (χ1) is 8.63. The number of fused-ring (bicyclic) bond motifs is 1. The minimum Gasteiger partial charge on any atom is -0.483 e. The molecule has 5 heteroatoms. The number of benzene rings is 1. The predicted molar refractivity (Wildman–Crippen MR) is 68.8 cm³/mol. The van der Waals surface area contributed by atoms with Crippen LogP contribution >= 0.6 is 0 Å². The van der Waals surface area contributed by atoms with Crippen LogP contribution in [0, 0.1) is 0 Å². The number of nitrogens with one attached hydrogen (secondary N) is 1. The highest BCUT2D eigenvalue weighted by Crippen LogP contribution is 2.22. The number of rotatable bonds is 3. The molecule has 0 radical (unpaired) electrons. The van der Waals surface area contributed by atoms with Gasteiger partial charge in [0, 0.05) is 25.7 Å². The van der Waals surface area contributed by atoms with Crippen molar-refractivity contribution in [3.63, 3.8) is 0 Å². The predicted octanol–water partition coefficient (Wildman–Crippen LogP) is 0.663. The fourth-order valence-corrected chi connectivity index (χ4v) is 1.69. The fourth-order valence-electron chi connectivity index (χ4n) is 1.69. The van der Waals surface area contributed by atoms with Crippen molar-refractivity contribution >= 4 is 16.7 Å². The van der Waals surface area contributed by atoms with Gasteiger partial charge < -0.3 is 14.6 Å². The van der Waals surface area contributed by atoms with Crippen molar-refractivity contribution < 1.29 is 9.53 Å². The molecule has 0 atom stereocenters. The largest absolute Gasteiger partial charge is 0.483 e. The summed E-state index contributed by atoms with van der Waals surface area (Å²) >= 11 is 0. The minimum atomic E-state index is -0.212. The highest BCUT2D eigenvalue weighted by molar-refractivity contribution is 5.88. The van der Waals surface area contributed by atoms with Crippen LogP contribution in [0.15, 0.2) is 35.3 Å². The summed E-state index contributed by atoms with van der Waals surface area (Å²) in [7, 11) is 3.24. The number of likely N-dealkylation sites (N-methyl/N-ethyl adjacent to an activating group) is 1. The molecule has 0 unspecified atom stereocenters. The molecule has 0 bridgehead atoms. The lowest BCUT2D eigenvalue weighted by molar-refractivity contribution is -0.122. The summed E-state index contributed by atoms with van der Waals surface area (Å²) in [6, 6.07) is 7.02. The van der Waals surface area contributed by atoms with E-state index in [-0.39, 0.29) is 18.1 Å². The van der Waals surface area contributed by atoms with E-state index in [1.54, 1.807) is 44.6 Å². The van der Waals surface area contributed by atoms with Crippen molar-refractivity contribution in [1.82, 2.24) is 9.88 Å². The monoisotopic (exact) mass is 246 g/mol. The number of aryl methyl sites for hydroxylation is 1. The molecule has 0 aliphatic heterocycles. The smallest absolute Gasteiger partial charge is 0.258 e. The van der Waals surface area contributed by atoms with Crippen LogP contribution in [-0.4, -0.2) is 24.1 Å². The van der Waals surface area contributed by atoms with Gasteiger partial charge in [0.25, 0.3) is 11.5 Å². The van der Waals surface area contributed by atoms with Gasteiger partial charge >= 0.3 is 0 Å². The van der Waals surface area contributed by atoms with Gasteiger partial charge in [-0.1, -0.05) is 6.07 Å². The lowest BCUT2D eigenvalue weighted by Crippen LogP contribution is -2.25. The number of carbonyl (C=O) groups is 1. The second kappa shape index (κ2) is 4.91. The van der Waals surface area contributed by atoms with Gasteiger partial charge in [-0.3, -0.25) is 9.59 Å². The summed E-state index contributed by atoms with van der Waals surface area (Å²) in [4.78, 5) is 23.0. The molecule has 0 fully saturated rings.